The lowest BCUT2D eigenvalue weighted by Crippen LogP contribution is -2.37. The first kappa shape index (κ1) is 55.4. The highest BCUT2D eigenvalue weighted by Crippen LogP contribution is 2.43. The summed E-state index contributed by atoms with van der Waals surface area (Å²) in [5.74, 6) is -0.417. The van der Waals surface area contributed by atoms with E-state index in [1.54, 1.807) is 0 Å². The van der Waals surface area contributed by atoms with E-state index in [0.717, 1.165) is 38.5 Å². The molecule has 0 heterocycles. The molecular weight excluding hydrogens is 741 g/mol. The number of quaternary nitrogens is 1. The number of rotatable bonds is 41. The second-order valence-electron chi connectivity index (χ2n) is 16.4. The highest BCUT2D eigenvalue weighted by molar-refractivity contribution is 7.47. The third-order valence-electron chi connectivity index (χ3n) is 9.54. The van der Waals surface area contributed by atoms with Gasteiger partial charge >= 0.3 is 13.8 Å². The van der Waals surface area contributed by atoms with Crippen LogP contribution in [0.1, 0.15) is 168 Å². The van der Waals surface area contributed by atoms with Crippen LogP contribution in [0, 0.1) is 0 Å². The van der Waals surface area contributed by atoms with Crippen molar-refractivity contribution in [1.29, 1.82) is 0 Å². The van der Waals surface area contributed by atoms with Crippen LogP contribution in [0.2, 0.25) is 0 Å². The fourth-order valence-electron chi connectivity index (χ4n) is 5.84. The fraction of sp³-hybridized carbons (Fsp3) is 0.804. The van der Waals surface area contributed by atoms with Crippen LogP contribution in [0.4, 0.5) is 0 Å². The van der Waals surface area contributed by atoms with Gasteiger partial charge < -0.3 is 29.1 Å². The number of aliphatic hydroxyl groups excluding tert-OH is 2. The summed E-state index contributed by atoms with van der Waals surface area (Å²) < 4.78 is 34.9. The number of phosphoric ester groups is 1. The molecule has 0 fully saturated rings. The van der Waals surface area contributed by atoms with Crippen molar-refractivity contribution in [3.63, 3.8) is 0 Å². The summed E-state index contributed by atoms with van der Waals surface area (Å²) in [7, 11) is 1.55. The molecule has 0 amide bonds. The number of ether oxygens (including phenoxy) is 2. The topological polar surface area (TPSA) is 132 Å². The summed E-state index contributed by atoms with van der Waals surface area (Å²) in [6.45, 7) is 5.30. The van der Waals surface area contributed by atoms with E-state index in [-0.39, 0.29) is 26.2 Å². The molecule has 10 nitrogen and oxygen atoms in total. The van der Waals surface area contributed by atoms with Gasteiger partial charge in [0.1, 0.15) is 19.3 Å². The van der Waals surface area contributed by atoms with Gasteiger partial charge in [-0.05, 0) is 77.0 Å². The van der Waals surface area contributed by atoms with Crippen LogP contribution in [-0.4, -0.2) is 98.0 Å². The molecule has 0 bridgehead atoms. The Labute approximate surface area is 349 Å². The van der Waals surface area contributed by atoms with Gasteiger partial charge in [-0.25, -0.2) is 4.57 Å². The molecule has 0 saturated carbocycles. The number of hydrogen-bond donors (Lipinski definition) is 3. The molecular formula is C46H87NO9P+. The molecule has 57 heavy (non-hydrogen) atoms. The molecule has 0 rings (SSSR count). The van der Waals surface area contributed by atoms with Crippen molar-refractivity contribution < 1.29 is 47.5 Å². The van der Waals surface area contributed by atoms with Crippen LogP contribution < -0.4 is 0 Å². The van der Waals surface area contributed by atoms with Crippen LogP contribution in [0.5, 0.6) is 0 Å². The smallest absolute Gasteiger partial charge is 0.457 e. The van der Waals surface area contributed by atoms with E-state index in [2.05, 4.69) is 32.1 Å². The first-order chi connectivity index (χ1) is 27.4. The average Bonchev–Trinajstić information content (AvgIpc) is 3.16. The number of unbranched alkanes of at least 4 members (excludes halogenated alkanes) is 16. The van der Waals surface area contributed by atoms with Gasteiger partial charge in [-0.3, -0.25) is 13.8 Å². The van der Waals surface area contributed by atoms with E-state index >= 15 is 0 Å². The maximum Gasteiger partial charge on any atom is 0.472 e. The van der Waals surface area contributed by atoms with Gasteiger partial charge in [0, 0.05) is 13.0 Å². The van der Waals surface area contributed by atoms with Crippen LogP contribution in [-0.2, 0) is 27.9 Å². The van der Waals surface area contributed by atoms with E-state index in [9.17, 15) is 24.5 Å². The molecule has 0 spiro atoms. The molecule has 0 aliphatic carbocycles. The number of esters is 1. The third kappa shape index (κ3) is 40.9. The van der Waals surface area contributed by atoms with Crippen molar-refractivity contribution in [1.82, 2.24) is 0 Å². The second-order valence-corrected chi connectivity index (χ2v) is 17.8. The Morgan fingerprint density at radius 1 is 0.596 bits per heavy atom. The summed E-state index contributed by atoms with van der Waals surface area (Å²) in [5.41, 5.74) is 0. The lowest BCUT2D eigenvalue weighted by atomic mass is 10.1. The molecule has 0 aromatic heterocycles. The van der Waals surface area contributed by atoms with E-state index in [1.165, 1.54) is 77.0 Å². The van der Waals surface area contributed by atoms with Gasteiger partial charge in [0.2, 0.25) is 0 Å². The average molecular weight is 829 g/mol. The number of nitrogens with zero attached hydrogens (tertiary/aromatic N) is 1. The standard InChI is InChI=1S/C46H86NO9P/c1-6-8-10-12-14-15-16-17-18-19-20-21-22-26-30-34-39-53-41-43(42-55-57(51,52)54-40-38-47(3,4)5)56-46(50)37-33-29-25-23-24-28-32-36-45(49)44(48)35-31-27-13-11-9-7-2/h17-18,23,25,27-28,31-32,43-45,48-49H,6-16,19-22,24,26,29-30,33-42H2,1-5H3/p+1/b18-17-,25-23-,31-27+,32-28-. The predicted octanol–water partition coefficient (Wildman–Crippen LogP) is 11.1. The Balaban J connectivity index is 4.44. The predicted molar refractivity (Wildman–Crippen MR) is 236 cm³/mol. The summed E-state index contributed by atoms with van der Waals surface area (Å²) >= 11 is 0. The number of aliphatic hydroxyl groups is 2. The first-order valence-electron chi connectivity index (χ1n) is 22.6. The number of carbonyl (C=O) groups excluding carboxylic acids is 1. The summed E-state index contributed by atoms with van der Waals surface area (Å²) in [4.78, 5) is 22.9. The second kappa shape index (κ2) is 38.6. The van der Waals surface area contributed by atoms with Crippen molar-refractivity contribution in [2.45, 2.75) is 186 Å². The van der Waals surface area contributed by atoms with Gasteiger partial charge in [0.15, 0.2) is 0 Å². The molecule has 11 heteroatoms. The van der Waals surface area contributed by atoms with Crippen LogP contribution in [0.15, 0.2) is 48.6 Å². The van der Waals surface area contributed by atoms with Gasteiger partial charge in [-0.1, -0.05) is 133 Å². The van der Waals surface area contributed by atoms with Crippen molar-refractivity contribution >= 4 is 13.8 Å². The van der Waals surface area contributed by atoms with Crippen molar-refractivity contribution in [2.75, 3.05) is 54.1 Å². The Bertz CT molecular complexity index is 1090. The van der Waals surface area contributed by atoms with E-state index < -0.39 is 32.1 Å². The minimum Gasteiger partial charge on any atom is -0.457 e. The van der Waals surface area contributed by atoms with Gasteiger partial charge in [-0.15, -0.1) is 0 Å². The zero-order chi connectivity index (χ0) is 42.3. The minimum absolute atomic E-state index is 0.0553. The first-order valence-corrected chi connectivity index (χ1v) is 24.0. The fourth-order valence-corrected chi connectivity index (χ4v) is 6.58. The molecule has 4 atom stereocenters. The molecule has 4 unspecified atom stereocenters. The number of hydrogen-bond acceptors (Lipinski definition) is 8. The monoisotopic (exact) mass is 829 g/mol. The zero-order valence-corrected chi connectivity index (χ0v) is 37.9. The SMILES string of the molecule is CCCCC/C=C/CC(O)C(O)C/C=C\C/C=C\CCCC(=O)OC(COCCCCCCCC/C=C\CCCCCCCC)COP(=O)(O)OCC[N+](C)(C)C. The van der Waals surface area contributed by atoms with E-state index in [4.69, 9.17) is 18.5 Å². The molecule has 0 aromatic carbocycles. The zero-order valence-electron chi connectivity index (χ0n) is 37.0. The third-order valence-corrected chi connectivity index (χ3v) is 10.5. The summed E-state index contributed by atoms with van der Waals surface area (Å²) in [5, 5.41) is 20.4. The largest absolute Gasteiger partial charge is 0.472 e. The minimum atomic E-state index is -4.32. The number of allylic oxidation sites excluding steroid dienone is 6. The van der Waals surface area contributed by atoms with Crippen molar-refractivity contribution in [2.24, 2.45) is 0 Å². The Kier molecular flexibility index (Phi) is 37.5. The quantitative estimate of drug-likeness (QED) is 0.0181. The van der Waals surface area contributed by atoms with Crippen molar-refractivity contribution in [3.8, 4) is 0 Å². The van der Waals surface area contributed by atoms with Crippen LogP contribution >= 0.6 is 7.82 Å². The maximum atomic E-state index is 12.7. The van der Waals surface area contributed by atoms with Crippen LogP contribution in [0.3, 0.4) is 0 Å². The number of carbonyl (C=O) groups is 1. The number of likely N-dealkylation sites (N-methyl/N-ethyl adjacent to an activating group) is 1. The maximum absolute atomic E-state index is 12.7. The van der Waals surface area contributed by atoms with Crippen molar-refractivity contribution in [3.05, 3.63) is 48.6 Å². The van der Waals surface area contributed by atoms with Gasteiger partial charge in [0.05, 0.1) is 46.6 Å². The Morgan fingerprint density at radius 2 is 1.07 bits per heavy atom. The van der Waals surface area contributed by atoms with Gasteiger partial charge in [0.25, 0.3) is 0 Å². The van der Waals surface area contributed by atoms with Gasteiger partial charge in [-0.2, -0.15) is 0 Å². The molecule has 0 saturated heterocycles. The lowest BCUT2D eigenvalue weighted by molar-refractivity contribution is -0.870. The molecule has 0 aromatic rings. The number of phosphoric acid groups is 1. The highest BCUT2D eigenvalue weighted by atomic mass is 31.2. The molecule has 0 radical (unpaired) electrons. The van der Waals surface area contributed by atoms with Crippen LogP contribution in [0.25, 0.3) is 0 Å². The highest BCUT2D eigenvalue weighted by Gasteiger charge is 2.26. The van der Waals surface area contributed by atoms with E-state index in [1.807, 2.05) is 51.5 Å². The Morgan fingerprint density at radius 3 is 1.68 bits per heavy atom. The Hall–Kier alpha value is -1.62. The van der Waals surface area contributed by atoms with E-state index in [0.29, 0.717) is 49.7 Å². The summed E-state index contributed by atoms with van der Waals surface area (Å²) in [6.07, 6.45) is 39.0. The summed E-state index contributed by atoms with van der Waals surface area (Å²) in [6, 6.07) is 0. The normalized spacial score (nSPS) is 15.3. The molecule has 0 aliphatic rings. The lowest BCUT2D eigenvalue weighted by Gasteiger charge is -2.24. The molecule has 3 N–H and O–H groups in total. The molecule has 0 aliphatic heterocycles. The molecule has 334 valence electrons.